The third-order valence-corrected chi connectivity index (χ3v) is 5.20. The van der Waals surface area contributed by atoms with Crippen molar-refractivity contribution in [1.82, 2.24) is 10.2 Å². The highest BCUT2D eigenvalue weighted by atomic mass is 79.9. The molecule has 0 radical (unpaired) electrons. The molecule has 1 unspecified atom stereocenters. The van der Waals surface area contributed by atoms with E-state index in [-0.39, 0.29) is 19.1 Å². The fourth-order valence-electron chi connectivity index (χ4n) is 2.65. The van der Waals surface area contributed by atoms with Crippen LogP contribution in [0.1, 0.15) is 25.0 Å². The lowest BCUT2D eigenvalue weighted by atomic mass is 10.1. The Kier molecular flexibility index (Phi) is 7.99. The quantitative estimate of drug-likeness (QED) is 0.664. The van der Waals surface area contributed by atoms with Gasteiger partial charge in [-0.25, -0.2) is 4.39 Å². The number of aryl methyl sites for hydroxylation is 1. The van der Waals surface area contributed by atoms with Crippen LogP contribution in [0.3, 0.4) is 0 Å². The van der Waals surface area contributed by atoms with Crippen LogP contribution in [0.5, 0.6) is 5.75 Å². The summed E-state index contributed by atoms with van der Waals surface area (Å²) in [6.45, 7) is 5.51. The summed E-state index contributed by atoms with van der Waals surface area (Å²) < 4.78 is 20.6. The molecule has 2 amide bonds. The van der Waals surface area contributed by atoms with Crippen LogP contribution in [0.25, 0.3) is 0 Å². The highest BCUT2D eigenvalue weighted by Crippen LogP contribution is 2.22. The van der Waals surface area contributed by atoms with Gasteiger partial charge in [0.05, 0.1) is 0 Å². The monoisotopic (exact) mass is 450 g/mol. The number of likely N-dealkylation sites (N-methyl/N-ethyl adjacent to an activating group) is 1. The van der Waals surface area contributed by atoms with Gasteiger partial charge in [-0.1, -0.05) is 34.1 Å². The third-order valence-electron chi connectivity index (χ3n) is 4.31. The largest absolute Gasteiger partial charge is 0.484 e. The highest BCUT2D eigenvalue weighted by molar-refractivity contribution is 9.10. The Morgan fingerprint density at radius 2 is 1.96 bits per heavy atom. The molecule has 2 rings (SSSR count). The molecule has 0 aliphatic heterocycles. The van der Waals surface area contributed by atoms with Gasteiger partial charge in [0.1, 0.15) is 17.6 Å². The molecule has 1 N–H and O–H groups in total. The van der Waals surface area contributed by atoms with Crippen LogP contribution in [0.15, 0.2) is 46.9 Å². The van der Waals surface area contributed by atoms with Gasteiger partial charge in [-0.3, -0.25) is 9.59 Å². The topological polar surface area (TPSA) is 58.6 Å². The van der Waals surface area contributed by atoms with Gasteiger partial charge in [0, 0.05) is 23.1 Å². The van der Waals surface area contributed by atoms with Crippen molar-refractivity contribution in [2.24, 2.45) is 0 Å². The maximum Gasteiger partial charge on any atom is 0.261 e. The first-order chi connectivity index (χ1) is 13.3. The molecule has 7 heteroatoms. The van der Waals surface area contributed by atoms with E-state index in [4.69, 9.17) is 4.74 Å². The van der Waals surface area contributed by atoms with Crippen molar-refractivity contribution in [1.29, 1.82) is 0 Å². The van der Waals surface area contributed by atoms with Crippen molar-refractivity contribution in [3.63, 3.8) is 0 Å². The lowest BCUT2D eigenvalue weighted by molar-refractivity contribution is -0.142. The molecule has 2 aromatic rings. The van der Waals surface area contributed by atoms with E-state index in [2.05, 4.69) is 21.2 Å². The van der Waals surface area contributed by atoms with Crippen LogP contribution in [0, 0.1) is 12.7 Å². The van der Waals surface area contributed by atoms with Crippen molar-refractivity contribution >= 4 is 27.7 Å². The van der Waals surface area contributed by atoms with Crippen LogP contribution in [-0.4, -0.2) is 35.9 Å². The maximum absolute atomic E-state index is 14.1. The average Bonchev–Trinajstić information content (AvgIpc) is 2.67. The third kappa shape index (κ3) is 5.79. The summed E-state index contributed by atoms with van der Waals surface area (Å²) in [5.74, 6) is -0.576. The molecular weight excluding hydrogens is 427 g/mol. The van der Waals surface area contributed by atoms with Gasteiger partial charge in [0.25, 0.3) is 5.91 Å². The van der Waals surface area contributed by atoms with Gasteiger partial charge in [-0.15, -0.1) is 0 Å². The molecule has 1 atom stereocenters. The fourth-order valence-corrected chi connectivity index (χ4v) is 2.90. The number of carbonyl (C=O) groups excluding carboxylic acids is 2. The second kappa shape index (κ2) is 10.2. The standard InChI is InChI=1S/C21H24BrFN2O3/c1-4-24-21(27)15(3)25(12-16-7-5-6-8-19(16)23)20(26)13-28-17-9-10-18(22)14(2)11-17/h5-11,15H,4,12-13H2,1-3H3,(H,24,27). The van der Waals surface area contributed by atoms with E-state index in [1.54, 1.807) is 38.1 Å². The predicted molar refractivity (Wildman–Crippen MR) is 109 cm³/mol. The number of carbonyl (C=O) groups is 2. The van der Waals surface area contributed by atoms with E-state index in [9.17, 15) is 14.0 Å². The number of benzene rings is 2. The molecule has 28 heavy (non-hydrogen) atoms. The molecule has 0 aromatic heterocycles. The Morgan fingerprint density at radius 1 is 1.25 bits per heavy atom. The number of nitrogens with zero attached hydrogens (tertiary/aromatic N) is 1. The van der Waals surface area contributed by atoms with Crippen LogP contribution in [0.2, 0.25) is 0 Å². The second-order valence-corrected chi connectivity index (χ2v) is 7.24. The smallest absolute Gasteiger partial charge is 0.261 e. The zero-order valence-electron chi connectivity index (χ0n) is 16.2. The van der Waals surface area contributed by atoms with Crippen molar-refractivity contribution < 1.29 is 18.7 Å². The average molecular weight is 451 g/mol. The molecule has 0 bridgehead atoms. The summed E-state index contributed by atoms with van der Waals surface area (Å²) in [6, 6.07) is 10.8. The predicted octanol–water partition coefficient (Wildman–Crippen LogP) is 3.83. The number of hydrogen-bond donors (Lipinski definition) is 1. The Balaban J connectivity index is 2.16. The van der Waals surface area contributed by atoms with E-state index >= 15 is 0 Å². The van der Waals surface area contributed by atoms with E-state index in [0.717, 1.165) is 10.0 Å². The first kappa shape index (κ1) is 21.9. The lowest BCUT2D eigenvalue weighted by Crippen LogP contribution is -2.49. The van der Waals surface area contributed by atoms with Crippen molar-refractivity contribution in [3.05, 3.63) is 63.9 Å². The van der Waals surface area contributed by atoms with Gasteiger partial charge >= 0.3 is 0 Å². The SMILES string of the molecule is CCNC(=O)C(C)N(Cc1ccccc1F)C(=O)COc1ccc(Br)c(C)c1. The molecular formula is C21H24BrFN2O3. The molecule has 2 aromatic carbocycles. The number of amides is 2. The van der Waals surface area contributed by atoms with Gasteiger partial charge in [0.2, 0.25) is 5.91 Å². The molecule has 0 saturated heterocycles. The van der Waals surface area contributed by atoms with Gasteiger partial charge in [-0.05, 0) is 50.6 Å². The van der Waals surface area contributed by atoms with Crippen molar-refractivity contribution in [2.45, 2.75) is 33.4 Å². The molecule has 5 nitrogen and oxygen atoms in total. The zero-order valence-corrected chi connectivity index (χ0v) is 17.8. The van der Waals surface area contributed by atoms with Crippen LogP contribution < -0.4 is 10.1 Å². The first-order valence-corrected chi connectivity index (χ1v) is 9.82. The summed E-state index contributed by atoms with van der Waals surface area (Å²) in [5.41, 5.74) is 1.32. The molecule has 0 saturated carbocycles. The van der Waals surface area contributed by atoms with Gasteiger partial charge in [-0.2, -0.15) is 0 Å². The molecule has 0 aliphatic rings. The van der Waals surface area contributed by atoms with Crippen molar-refractivity contribution in [2.75, 3.05) is 13.2 Å². The number of rotatable bonds is 8. The minimum atomic E-state index is -0.762. The Morgan fingerprint density at radius 3 is 2.61 bits per heavy atom. The summed E-state index contributed by atoms with van der Waals surface area (Å²) in [5, 5.41) is 2.70. The summed E-state index contributed by atoms with van der Waals surface area (Å²) >= 11 is 3.42. The number of hydrogen-bond acceptors (Lipinski definition) is 3. The molecule has 0 aliphatic carbocycles. The van der Waals surface area contributed by atoms with Crippen molar-refractivity contribution in [3.8, 4) is 5.75 Å². The second-order valence-electron chi connectivity index (χ2n) is 6.38. The van der Waals surface area contributed by atoms with E-state index in [1.165, 1.54) is 11.0 Å². The van der Waals surface area contributed by atoms with Crippen LogP contribution >= 0.6 is 15.9 Å². The molecule has 0 heterocycles. The summed E-state index contributed by atoms with van der Waals surface area (Å²) in [4.78, 5) is 26.4. The maximum atomic E-state index is 14.1. The Hall–Kier alpha value is -2.41. The van der Waals surface area contributed by atoms with Crippen LogP contribution in [-0.2, 0) is 16.1 Å². The highest BCUT2D eigenvalue weighted by Gasteiger charge is 2.27. The Labute approximate surface area is 173 Å². The summed E-state index contributed by atoms with van der Waals surface area (Å²) in [7, 11) is 0. The zero-order chi connectivity index (χ0) is 20.7. The molecule has 0 fully saturated rings. The normalized spacial score (nSPS) is 11.6. The number of nitrogens with one attached hydrogen (secondary N) is 1. The molecule has 150 valence electrons. The molecule has 0 spiro atoms. The summed E-state index contributed by atoms with van der Waals surface area (Å²) in [6.07, 6.45) is 0. The first-order valence-electron chi connectivity index (χ1n) is 9.03. The lowest BCUT2D eigenvalue weighted by Gasteiger charge is -2.28. The van der Waals surface area contributed by atoms with Crippen LogP contribution in [0.4, 0.5) is 4.39 Å². The number of halogens is 2. The Bertz CT molecular complexity index is 844. The minimum Gasteiger partial charge on any atom is -0.484 e. The fraction of sp³-hybridized carbons (Fsp3) is 0.333. The number of ether oxygens (including phenoxy) is 1. The van der Waals surface area contributed by atoms with E-state index < -0.39 is 17.8 Å². The van der Waals surface area contributed by atoms with Gasteiger partial charge < -0.3 is 15.0 Å². The van der Waals surface area contributed by atoms with Gasteiger partial charge in [0.15, 0.2) is 6.61 Å². The minimum absolute atomic E-state index is 0.0213. The van der Waals surface area contributed by atoms with E-state index in [1.807, 2.05) is 19.1 Å². The van der Waals surface area contributed by atoms with E-state index in [0.29, 0.717) is 17.9 Å².